The van der Waals surface area contributed by atoms with Crippen LogP contribution in [0.4, 0.5) is 0 Å². The Hall–Kier alpha value is -2.13. The molecule has 0 amide bonds. The maximum Gasteiger partial charge on any atom is 0.313 e. The fourth-order valence-corrected chi connectivity index (χ4v) is 1.86. The predicted octanol–water partition coefficient (Wildman–Crippen LogP) is 3.07. The fourth-order valence-electron chi connectivity index (χ4n) is 1.86. The minimum Gasteiger partial charge on any atom is -0.481 e. The van der Waals surface area contributed by atoms with Crippen LogP contribution in [0.25, 0.3) is 0 Å². The summed E-state index contributed by atoms with van der Waals surface area (Å²) in [6.45, 7) is 0.603. The number of hydrogen-bond acceptors (Lipinski definition) is 2. The summed E-state index contributed by atoms with van der Waals surface area (Å²) in [6.07, 6.45) is 0. The average molecular weight is 256 g/mol. The molecule has 0 aliphatic rings. The predicted molar refractivity (Wildman–Crippen MR) is 72.9 cm³/mol. The van der Waals surface area contributed by atoms with Gasteiger partial charge >= 0.3 is 5.97 Å². The third-order valence-electron chi connectivity index (χ3n) is 2.90. The molecule has 1 N–H and O–H groups in total. The van der Waals surface area contributed by atoms with Crippen LogP contribution in [0.15, 0.2) is 60.7 Å². The van der Waals surface area contributed by atoms with Gasteiger partial charge in [-0.05, 0) is 11.1 Å². The van der Waals surface area contributed by atoms with Crippen LogP contribution in [0.2, 0.25) is 0 Å². The Balaban J connectivity index is 1.94. The van der Waals surface area contributed by atoms with Crippen molar-refractivity contribution in [2.45, 2.75) is 12.5 Å². The average Bonchev–Trinajstić information content (AvgIpc) is 2.45. The highest BCUT2D eigenvalue weighted by Gasteiger charge is 2.19. The van der Waals surface area contributed by atoms with E-state index in [0.717, 1.165) is 11.1 Å². The monoisotopic (exact) mass is 256 g/mol. The minimum atomic E-state index is -0.862. The van der Waals surface area contributed by atoms with Gasteiger partial charge in [-0.3, -0.25) is 4.79 Å². The Kier molecular flexibility index (Phi) is 4.70. The van der Waals surface area contributed by atoms with Gasteiger partial charge in [0.25, 0.3) is 0 Å². The summed E-state index contributed by atoms with van der Waals surface area (Å²) in [7, 11) is 0. The van der Waals surface area contributed by atoms with Crippen molar-refractivity contribution >= 4 is 5.97 Å². The Morgan fingerprint density at radius 3 is 2.16 bits per heavy atom. The molecule has 1 atom stereocenters. The normalized spacial score (nSPS) is 12.0. The van der Waals surface area contributed by atoms with Crippen LogP contribution < -0.4 is 0 Å². The number of ether oxygens (including phenoxy) is 1. The zero-order valence-corrected chi connectivity index (χ0v) is 10.5. The largest absolute Gasteiger partial charge is 0.481 e. The van der Waals surface area contributed by atoms with Crippen molar-refractivity contribution in [3.63, 3.8) is 0 Å². The van der Waals surface area contributed by atoms with Crippen LogP contribution in [0.3, 0.4) is 0 Å². The van der Waals surface area contributed by atoms with Crippen molar-refractivity contribution in [1.82, 2.24) is 0 Å². The smallest absolute Gasteiger partial charge is 0.313 e. The van der Waals surface area contributed by atoms with Gasteiger partial charge in [-0.1, -0.05) is 60.7 Å². The standard InChI is InChI=1S/C16H16O3/c17-16(18)15(14-9-5-2-6-10-14)12-19-11-13-7-3-1-4-8-13/h1-10,15H,11-12H2,(H,17,18)/t15-/m0/s1. The number of carboxylic acid groups (broad SMARTS) is 1. The molecule has 0 bridgehead atoms. The van der Waals surface area contributed by atoms with Crippen molar-refractivity contribution in [3.05, 3.63) is 71.8 Å². The molecule has 3 nitrogen and oxygen atoms in total. The molecule has 3 heteroatoms. The summed E-state index contributed by atoms with van der Waals surface area (Å²) >= 11 is 0. The lowest BCUT2D eigenvalue weighted by atomic mass is 10.0. The van der Waals surface area contributed by atoms with Gasteiger partial charge in [-0.15, -0.1) is 0 Å². The van der Waals surface area contributed by atoms with Gasteiger partial charge in [0.1, 0.15) is 5.92 Å². The maximum atomic E-state index is 11.3. The Bertz CT molecular complexity index is 508. The van der Waals surface area contributed by atoms with E-state index < -0.39 is 11.9 Å². The summed E-state index contributed by atoms with van der Waals surface area (Å²) in [4.78, 5) is 11.3. The summed E-state index contributed by atoms with van der Waals surface area (Å²) < 4.78 is 5.52. The second-order valence-corrected chi connectivity index (χ2v) is 4.30. The highest BCUT2D eigenvalue weighted by molar-refractivity contribution is 5.76. The molecule has 0 saturated heterocycles. The van der Waals surface area contributed by atoms with E-state index in [4.69, 9.17) is 4.74 Å². The molecule has 2 rings (SSSR count). The highest BCUT2D eigenvalue weighted by Crippen LogP contribution is 2.16. The summed E-state index contributed by atoms with van der Waals surface area (Å²) in [6, 6.07) is 18.9. The molecular formula is C16H16O3. The summed E-state index contributed by atoms with van der Waals surface area (Å²) in [5.41, 5.74) is 1.81. The zero-order valence-electron chi connectivity index (χ0n) is 10.5. The van der Waals surface area contributed by atoms with Gasteiger partial charge in [0.15, 0.2) is 0 Å². The van der Waals surface area contributed by atoms with E-state index in [0.29, 0.717) is 6.61 Å². The van der Waals surface area contributed by atoms with E-state index in [1.54, 1.807) is 0 Å². The van der Waals surface area contributed by atoms with Crippen molar-refractivity contribution in [1.29, 1.82) is 0 Å². The molecule has 0 saturated carbocycles. The van der Waals surface area contributed by atoms with Crippen LogP contribution >= 0.6 is 0 Å². The number of benzene rings is 2. The number of rotatable bonds is 6. The summed E-state index contributed by atoms with van der Waals surface area (Å²) in [5, 5.41) is 9.24. The van der Waals surface area contributed by atoms with Crippen LogP contribution in [-0.4, -0.2) is 17.7 Å². The molecule has 0 unspecified atom stereocenters. The number of carbonyl (C=O) groups is 1. The van der Waals surface area contributed by atoms with Gasteiger partial charge in [-0.25, -0.2) is 0 Å². The molecular weight excluding hydrogens is 240 g/mol. The Morgan fingerprint density at radius 1 is 1.00 bits per heavy atom. The van der Waals surface area contributed by atoms with E-state index in [2.05, 4.69) is 0 Å². The van der Waals surface area contributed by atoms with Gasteiger partial charge in [0, 0.05) is 0 Å². The Labute approximate surface area is 112 Å². The lowest BCUT2D eigenvalue weighted by molar-refractivity contribution is -0.140. The van der Waals surface area contributed by atoms with Crippen LogP contribution in [-0.2, 0) is 16.1 Å². The second kappa shape index (κ2) is 6.71. The van der Waals surface area contributed by atoms with Crippen molar-refractivity contribution in [2.24, 2.45) is 0 Å². The van der Waals surface area contributed by atoms with Crippen LogP contribution in [0, 0.1) is 0 Å². The SMILES string of the molecule is O=C(O)[C@@H](COCc1ccccc1)c1ccccc1. The first-order chi connectivity index (χ1) is 9.27. The summed E-state index contributed by atoms with van der Waals surface area (Å²) in [5.74, 6) is -1.48. The lowest BCUT2D eigenvalue weighted by Crippen LogP contribution is -2.17. The molecule has 0 aromatic heterocycles. The van der Waals surface area contributed by atoms with E-state index in [1.807, 2.05) is 60.7 Å². The first kappa shape index (κ1) is 13.3. The molecule has 2 aromatic rings. The van der Waals surface area contributed by atoms with E-state index in [9.17, 15) is 9.90 Å². The molecule has 2 aromatic carbocycles. The van der Waals surface area contributed by atoms with Gasteiger partial charge < -0.3 is 9.84 Å². The van der Waals surface area contributed by atoms with Crippen molar-refractivity contribution in [3.8, 4) is 0 Å². The van der Waals surface area contributed by atoms with E-state index >= 15 is 0 Å². The minimum absolute atomic E-state index is 0.175. The highest BCUT2D eigenvalue weighted by atomic mass is 16.5. The van der Waals surface area contributed by atoms with E-state index in [-0.39, 0.29) is 6.61 Å². The number of carboxylic acids is 1. The first-order valence-electron chi connectivity index (χ1n) is 6.17. The third kappa shape index (κ3) is 3.93. The quantitative estimate of drug-likeness (QED) is 0.864. The fraction of sp³-hybridized carbons (Fsp3) is 0.188. The molecule has 0 aliphatic heterocycles. The molecule has 0 aliphatic carbocycles. The molecule has 0 radical (unpaired) electrons. The molecule has 98 valence electrons. The van der Waals surface area contributed by atoms with Gasteiger partial charge in [0.2, 0.25) is 0 Å². The van der Waals surface area contributed by atoms with Crippen LogP contribution in [0.1, 0.15) is 17.0 Å². The zero-order chi connectivity index (χ0) is 13.5. The maximum absolute atomic E-state index is 11.3. The number of hydrogen-bond donors (Lipinski definition) is 1. The van der Waals surface area contributed by atoms with E-state index in [1.165, 1.54) is 0 Å². The van der Waals surface area contributed by atoms with Gasteiger partial charge in [0.05, 0.1) is 13.2 Å². The molecule has 19 heavy (non-hydrogen) atoms. The second-order valence-electron chi connectivity index (χ2n) is 4.30. The van der Waals surface area contributed by atoms with Crippen molar-refractivity contribution in [2.75, 3.05) is 6.61 Å². The molecule has 0 heterocycles. The third-order valence-corrected chi connectivity index (χ3v) is 2.90. The van der Waals surface area contributed by atoms with Crippen LogP contribution in [0.5, 0.6) is 0 Å². The van der Waals surface area contributed by atoms with Crippen molar-refractivity contribution < 1.29 is 14.6 Å². The van der Waals surface area contributed by atoms with Gasteiger partial charge in [-0.2, -0.15) is 0 Å². The topological polar surface area (TPSA) is 46.5 Å². The molecule has 0 spiro atoms. The molecule has 0 fully saturated rings. The number of aliphatic carboxylic acids is 1. The Morgan fingerprint density at radius 2 is 1.58 bits per heavy atom. The lowest BCUT2D eigenvalue weighted by Gasteiger charge is -2.13. The first-order valence-corrected chi connectivity index (χ1v) is 6.17.